The average molecular weight is 306 g/mol. The second-order valence-electron chi connectivity index (χ2n) is 7.18. The summed E-state index contributed by atoms with van der Waals surface area (Å²) in [6, 6.07) is 1.48. The van der Waals surface area contributed by atoms with E-state index in [9.17, 15) is 14.7 Å². The molecule has 0 aromatic carbocycles. The second kappa shape index (κ2) is 6.55. The molecule has 1 aliphatic heterocycles. The predicted octanol–water partition coefficient (Wildman–Crippen LogP) is 2.90. The topological polar surface area (TPSA) is 62.5 Å². The first kappa shape index (κ1) is 16.6. The van der Waals surface area contributed by atoms with E-state index in [1.807, 2.05) is 25.7 Å². The van der Waals surface area contributed by atoms with Crippen molar-refractivity contribution < 1.29 is 14.7 Å². The molecule has 1 atom stereocenters. The van der Waals surface area contributed by atoms with Gasteiger partial charge in [0.05, 0.1) is 12.1 Å². The zero-order valence-corrected chi connectivity index (χ0v) is 13.7. The summed E-state index contributed by atoms with van der Waals surface area (Å²) in [7, 11) is 0. The molecule has 1 saturated heterocycles. The molecule has 122 valence electrons. The summed E-state index contributed by atoms with van der Waals surface area (Å²) in [5, 5.41) is 9.42. The highest BCUT2D eigenvalue weighted by Crippen LogP contribution is 2.31. The Morgan fingerprint density at radius 2 is 1.86 bits per heavy atom. The normalized spacial score (nSPS) is 17.3. The number of piperidine rings is 1. The van der Waals surface area contributed by atoms with Gasteiger partial charge in [0.25, 0.3) is 0 Å². The first-order chi connectivity index (χ1) is 10.3. The minimum absolute atomic E-state index is 0.0587. The Kier molecular flexibility index (Phi) is 4.94. The molecule has 5 nitrogen and oxygen atoms in total. The SMILES string of the molecule is CC(C)(C)[C@H](CC(=O)N1CCCCC1)C(=O)n1ccc(O)c1. The summed E-state index contributed by atoms with van der Waals surface area (Å²) in [5.74, 6) is -0.431. The minimum atomic E-state index is -0.409. The number of aromatic nitrogens is 1. The zero-order chi connectivity index (χ0) is 16.3. The molecular formula is C17H26N2O3. The van der Waals surface area contributed by atoms with Crippen LogP contribution in [0.2, 0.25) is 0 Å². The number of rotatable bonds is 3. The largest absolute Gasteiger partial charge is 0.506 e. The zero-order valence-electron chi connectivity index (χ0n) is 13.7. The molecule has 0 spiro atoms. The van der Waals surface area contributed by atoms with Crippen molar-refractivity contribution >= 4 is 11.8 Å². The number of hydrogen-bond donors (Lipinski definition) is 1. The van der Waals surface area contributed by atoms with Gasteiger partial charge in [-0.05, 0) is 30.7 Å². The van der Waals surface area contributed by atoms with Crippen LogP contribution in [-0.4, -0.2) is 39.5 Å². The quantitative estimate of drug-likeness (QED) is 0.934. The van der Waals surface area contributed by atoms with E-state index in [0.29, 0.717) is 0 Å². The van der Waals surface area contributed by atoms with Gasteiger partial charge in [-0.2, -0.15) is 0 Å². The highest BCUT2D eigenvalue weighted by atomic mass is 16.3. The summed E-state index contributed by atoms with van der Waals surface area (Å²) in [6.45, 7) is 7.52. The maximum Gasteiger partial charge on any atom is 0.234 e. The second-order valence-corrected chi connectivity index (χ2v) is 7.18. The smallest absolute Gasteiger partial charge is 0.234 e. The van der Waals surface area contributed by atoms with Gasteiger partial charge in [0.1, 0.15) is 5.75 Å². The number of likely N-dealkylation sites (tertiary alicyclic amines) is 1. The van der Waals surface area contributed by atoms with Crippen molar-refractivity contribution in [3.63, 3.8) is 0 Å². The number of aromatic hydroxyl groups is 1. The lowest BCUT2D eigenvalue weighted by Crippen LogP contribution is -2.41. The van der Waals surface area contributed by atoms with Crippen molar-refractivity contribution in [1.82, 2.24) is 9.47 Å². The Hall–Kier alpha value is -1.78. The fourth-order valence-corrected chi connectivity index (χ4v) is 2.91. The van der Waals surface area contributed by atoms with E-state index in [4.69, 9.17) is 0 Å². The molecule has 1 aromatic rings. The van der Waals surface area contributed by atoms with Crippen LogP contribution in [0.1, 0.15) is 51.2 Å². The molecule has 1 aliphatic rings. The lowest BCUT2D eigenvalue weighted by Gasteiger charge is -2.33. The fourth-order valence-electron chi connectivity index (χ4n) is 2.91. The molecule has 5 heteroatoms. The Morgan fingerprint density at radius 1 is 1.23 bits per heavy atom. The van der Waals surface area contributed by atoms with Crippen LogP contribution < -0.4 is 0 Å². The number of hydrogen-bond acceptors (Lipinski definition) is 3. The molecule has 0 unspecified atom stereocenters. The summed E-state index contributed by atoms with van der Waals surface area (Å²) >= 11 is 0. The van der Waals surface area contributed by atoms with Gasteiger partial charge in [-0.15, -0.1) is 0 Å². The first-order valence-electron chi connectivity index (χ1n) is 7.98. The Labute approximate surface area is 131 Å². The molecule has 1 amide bonds. The third-order valence-electron chi connectivity index (χ3n) is 4.36. The monoisotopic (exact) mass is 306 g/mol. The standard InChI is InChI=1S/C17H26N2O3/c1-17(2,3)14(16(22)19-10-7-13(20)12-19)11-15(21)18-8-5-4-6-9-18/h7,10,12,14,20H,4-6,8-9,11H2,1-3H3/t14-/m1/s1. The van der Waals surface area contributed by atoms with Crippen molar-refractivity contribution in [1.29, 1.82) is 0 Å². The molecule has 2 rings (SSSR count). The van der Waals surface area contributed by atoms with Gasteiger partial charge in [0.2, 0.25) is 11.8 Å². The molecule has 22 heavy (non-hydrogen) atoms. The Morgan fingerprint density at radius 3 is 2.36 bits per heavy atom. The minimum Gasteiger partial charge on any atom is -0.506 e. The summed E-state index contributed by atoms with van der Waals surface area (Å²) < 4.78 is 1.38. The third-order valence-corrected chi connectivity index (χ3v) is 4.36. The van der Waals surface area contributed by atoms with Crippen LogP contribution in [0, 0.1) is 11.3 Å². The van der Waals surface area contributed by atoms with E-state index in [0.717, 1.165) is 25.9 Å². The lowest BCUT2D eigenvalue weighted by molar-refractivity contribution is -0.133. The van der Waals surface area contributed by atoms with E-state index in [1.165, 1.54) is 23.3 Å². The molecule has 0 radical (unpaired) electrons. The van der Waals surface area contributed by atoms with Crippen molar-refractivity contribution in [3.8, 4) is 5.75 Å². The van der Waals surface area contributed by atoms with E-state index < -0.39 is 5.92 Å². The molecule has 1 fully saturated rings. The van der Waals surface area contributed by atoms with Crippen molar-refractivity contribution in [3.05, 3.63) is 18.5 Å². The van der Waals surface area contributed by atoms with Crippen LogP contribution in [0.25, 0.3) is 0 Å². The van der Waals surface area contributed by atoms with Crippen LogP contribution in [0.5, 0.6) is 5.75 Å². The van der Waals surface area contributed by atoms with Crippen molar-refractivity contribution in [2.45, 2.75) is 46.5 Å². The number of carbonyl (C=O) groups excluding carboxylic acids is 2. The van der Waals surface area contributed by atoms with Crippen molar-refractivity contribution in [2.75, 3.05) is 13.1 Å². The van der Waals surface area contributed by atoms with Gasteiger partial charge >= 0.3 is 0 Å². The number of amides is 1. The van der Waals surface area contributed by atoms with Crippen molar-refractivity contribution in [2.24, 2.45) is 11.3 Å². The first-order valence-corrected chi connectivity index (χ1v) is 7.98. The molecule has 0 saturated carbocycles. The number of carbonyl (C=O) groups is 2. The van der Waals surface area contributed by atoms with Crippen LogP contribution in [0.15, 0.2) is 18.5 Å². The maximum absolute atomic E-state index is 12.7. The van der Waals surface area contributed by atoms with Crippen LogP contribution in [0.3, 0.4) is 0 Å². The Balaban J connectivity index is 2.12. The van der Waals surface area contributed by atoms with Crippen LogP contribution in [0.4, 0.5) is 0 Å². The van der Waals surface area contributed by atoms with Gasteiger partial charge in [0.15, 0.2) is 0 Å². The molecule has 0 aliphatic carbocycles. The lowest BCUT2D eigenvalue weighted by atomic mass is 9.77. The van der Waals surface area contributed by atoms with Crippen LogP contribution >= 0.6 is 0 Å². The highest BCUT2D eigenvalue weighted by molar-refractivity contribution is 5.88. The molecule has 1 N–H and O–H groups in total. The Bertz CT molecular complexity index is 536. The van der Waals surface area contributed by atoms with Gasteiger partial charge in [-0.25, -0.2) is 0 Å². The van der Waals surface area contributed by atoms with Gasteiger partial charge < -0.3 is 10.0 Å². The summed E-state index contributed by atoms with van der Waals surface area (Å²) in [6.07, 6.45) is 6.43. The predicted molar refractivity (Wildman–Crippen MR) is 84.7 cm³/mol. The summed E-state index contributed by atoms with van der Waals surface area (Å²) in [4.78, 5) is 27.1. The number of nitrogens with zero attached hydrogens (tertiary/aromatic N) is 2. The molecule has 0 bridgehead atoms. The summed E-state index contributed by atoms with van der Waals surface area (Å²) in [5.41, 5.74) is -0.317. The molecule has 1 aromatic heterocycles. The maximum atomic E-state index is 12.7. The van der Waals surface area contributed by atoms with Gasteiger partial charge in [-0.1, -0.05) is 20.8 Å². The van der Waals surface area contributed by atoms with E-state index in [-0.39, 0.29) is 29.4 Å². The van der Waals surface area contributed by atoms with E-state index in [2.05, 4.69) is 0 Å². The fraction of sp³-hybridized carbons (Fsp3) is 0.647. The average Bonchev–Trinajstić information content (AvgIpc) is 2.90. The highest BCUT2D eigenvalue weighted by Gasteiger charge is 2.35. The van der Waals surface area contributed by atoms with Gasteiger partial charge in [0, 0.05) is 25.7 Å². The third kappa shape index (κ3) is 3.90. The van der Waals surface area contributed by atoms with E-state index in [1.54, 1.807) is 6.20 Å². The molecular weight excluding hydrogens is 280 g/mol. The van der Waals surface area contributed by atoms with Crippen LogP contribution in [-0.2, 0) is 4.79 Å². The molecule has 2 heterocycles. The van der Waals surface area contributed by atoms with E-state index >= 15 is 0 Å². The van der Waals surface area contributed by atoms with Gasteiger partial charge in [-0.3, -0.25) is 14.2 Å².